The summed E-state index contributed by atoms with van der Waals surface area (Å²) in [6, 6.07) is 19.5. The van der Waals surface area contributed by atoms with Crippen LogP contribution in [0.2, 0.25) is 5.02 Å². The van der Waals surface area contributed by atoms with E-state index in [1.54, 1.807) is 30.3 Å². The first-order chi connectivity index (χ1) is 28.1. The van der Waals surface area contributed by atoms with E-state index in [1.165, 1.54) is 0 Å². The van der Waals surface area contributed by atoms with Gasteiger partial charge in [0.1, 0.15) is 35.8 Å². The lowest BCUT2D eigenvalue weighted by Crippen LogP contribution is -2.66. The zero-order valence-electron chi connectivity index (χ0n) is 34.0. The zero-order valence-corrected chi connectivity index (χ0v) is 34.7. The molecule has 308 valence electrons. The SMILES string of the molecule is CC1(C)C(CC(=O)c2ccc(OC3CCN(C4CCN(c5ccc6c(c5)C(=O)N(C5CCC(=O)NC5=O)C6=O)CC4)CC3)cc2)C(C)(C)C1Oc1ccc(C#N)c(Cl)c1. The number of Topliss-reactive ketones (excluding diaryl/α,β-unsaturated/α-hetero) is 1. The molecule has 5 aliphatic rings. The van der Waals surface area contributed by atoms with Gasteiger partial charge in [-0.3, -0.25) is 39.1 Å². The van der Waals surface area contributed by atoms with Crippen LogP contribution in [0.1, 0.15) is 109 Å². The van der Waals surface area contributed by atoms with Gasteiger partial charge in [0.05, 0.1) is 21.7 Å². The first-order valence-corrected chi connectivity index (χ1v) is 21.0. The number of nitrogens with one attached hydrogen (secondary N) is 1. The summed E-state index contributed by atoms with van der Waals surface area (Å²) in [5.74, 6) is -0.407. The average Bonchev–Trinajstić information content (AvgIpc) is 3.47. The Hall–Kier alpha value is -5.25. The van der Waals surface area contributed by atoms with E-state index in [0.717, 1.165) is 68.2 Å². The highest BCUT2D eigenvalue weighted by molar-refractivity contribution is 6.31. The molecule has 4 fully saturated rings. The van der Waals surface area contributed by atoms with Gasteiger partial charge in [-0.05, 0) is 92.6 Å². The molecule has 1 saturated carbocycles. The molecule has 4 heterocycles. The van der Waals surface area contributed by atoms with Crippen molar-refractivity contribution in [3.8, 4) is 17.6 Å². The number of carbonyl (C=O) groups is 5. The van der Waals surface area contributed by atoms with Crippen LogP contribution in [0.3, 0.4) is 0 Å². The van der Waals surface area contributed by atoms with Crippen LogP contribution in [-0.2, 0) is 9.59 Å². The molecule has 4 amide bonds. The normalized spacial score (nSPS) is 24.6. The predicted molar refractivity (Wildman–Crippen MR) is 221 cm³/mol. The summed E-state index contributed by atoms with van der Waals surface area (Å²) < 4.78 is 12.8. The third-order valence-corrected chi connectivity index (χ3v) is 13.9. The van der Waals surface area contributed by atoms with Gasteiger partial charge >= 0.3 is 0 Å². The number of likely N-dealkylation sites (tertiary alicyclic amines) is 1. The molecule has 1 atom stereocenters. The van der Waals surface area contributed by atoms with Gasteiger partial charge < -0.3 is 14.4 Å². The fourth-order valence-corrected chi connectivity index (χ4v) is 10.7. The van der Waals surface area contributed by atoms with Crippen molar-refractivity contribution in [3.05, 3.63) is 87.9 Å². The number of rotatable bonds is 10. The third-order valence-electron chi connectivity index (χ3n) is 13.6. The predicted octanol–water partition coefficient (Wildman–Crippen LogP) is 6.83. The molecular weight excluding hydrogens is 770 g/mol. The monoisotopic (exact) mass is 819 g/mol. The number of piperidine rings is 3. The van der Waals surface area contributed by atoms with Crippen LogP contribution in [0.5, 0.6) is 11.5 Å². The zero-order chi connectivity index (χ0) is 41.8. The second kappa shape index (κ2) is 15.7. The van der Waals surface area contributed by atoms with Crippen molar-refractivity contribution in [1.29, 1.82) is 5.26 Å². The number of carbonyl (C=O) groups excluding carboxylic acids is 5. The van der Waals surface area contributed by atoms with Crippen LogP contribution in [-0.4, -0.2) is 89.7 Å². The van der Waals surface area contributed by atoms with Crippen molar-refractivity contribution in [2.24, 2.45) is 16.7 Å². The van der Waals surface area contributed by atoms with E-state index in [4.69, 9.17) is 21.1 Å². The summed E-state index contributed by atoms with van der Waals surface area (Å²) in [5, 5.41) is 11.8. The molecule has 12 nitrogen and oxygen atoms in total. The average molecular weight is 820 g/mol. The Labute approximate surface area is 349 Å². The van der Waals surface area contributed by atoms with Gasteiger partial charge in [-0.25, -0.2) is 0 Å². The molecule has 0 radical (unpaired) electrons. The largest absolute Gasteiger partial charge is 0.490 e. The number of hydrogen-bond donors (Lipinski definition) is 1. The van der Waals surface area contributed by atoms with E-state index in [9.17, 15) is 29.2 Å². The van der Waals surface area contributed by atoms with E-state index < -0.39 is 29.7 Å². The fraction of sp³-hybridized carbons (Fsp3) is 0.478. The second-order valence-corrected chi connectivity index (χ2v) is 18.3. The van der Waals surface area contributed by atoms with E-state index in [1.807, 2.05) is 30.3 Å². The number of nitrogens with zero attached hydrogens (tertiary/aromatic N) is 4. The van der Waals surface area contributed by atoms with Crippen LogP contribution >= 0.6 is 11.6 Å². The van der Waals surface area contributed by atoms with Crippen molar-refractivity contribution < 1.29 is 33.4 Å². The molecule has 59 heavy (non-hydrogen) atoms. The van der Waals surface area contributed by atoms with Crippen molar-refractivity contribution in [1.82, 2.24) is 15.1 Å². The van der Waals surface area contributed by atoms with Gasteiger partial charge in [-0.2, -0.15) is 5.26 Å². The van der Waals surface area contributed by atoms with Crippen LogP contribution in [0.25, 0.3) is 0 Å². The topological polar surface area (TPSA) is 149 Å². The van der Waals surface area contributed by atoms with Gasteiger partial charge in [0.15, 0.2) is 5.78 Å². The molecule has 13 heteroatoms. The number of halogens is 1. The standard InChI is InChI=1S/C46H50ClN5O7/c1-45(2)39(46(3,4)44(45)59-33-11-7-28(26-48)36(47)24-33)25-38(53)27-5-9-31(10-6-27)58-32-17-21-50(22-18-32)29-15-19-51(20-16-29)30-8-12-34-35(23-30)43(57)52(42(34)56)37-13-14-40(54)49-41(37)55/h5-12,23-24,29,32,37,39,44H,13-22,25H2,1-4H3,(H,49,54,55). The minimum absolute atomic E-state index is 0.0883. The van der Waals surface area contributed by atoms with E-state index in [2.05, 4.69) is 48.9 Å². The molecule has 8 rings (SSSR count). The summed E-state index contributed by atoms with van der Waals surface area (Å²) in [5.41, 5.74) is 2.04. The highest BCUT2D eigenvalue weighted by atomic mass is 35.5. The van der Waals surface area contributed by atoms with Crippen LogP contribution in [0, 0.1) is 28.1 Å². The molecule has 1 aliphatic carbocycles. The Morgan fingerprint density at radius 2 is 1.47 bits per heavy atom. The molecule has 0 bridgehead atoms. The van der Waals surface area contributed by atoms with Gasteiger partial charge in [-0.1, -0.05) is 39.3 Å². The maximum atomic E-state index is 13.6. The Kier molecular flexibility index (Phi) is 10.8. The van der Waals surface area contributed by atoms with E-state index in [0.29, 0.717) is 45.5 Å². The number of amides is 4. The Balaban J connectivity index is 0.789. The van der Waals surface area contributed by atoms with Crippen molar-refractivity contribution in [2.45, 2.75) is 96.9 Å². The summed E-state index contributed by atoms with van der Waals surface area (Å²) >= 11 is 6.26. The highest BCUT2D eigenvalue weighted by Gasteiger charge is 2.63. The smallest absolute Gasteiger partial charge is 0.262 e. The van der Waals surface area contributed by atoms with Crippen molar-refractivity contribution in [3.63, 3.8) is 0 Å². The second-order valence-electron chi connectivity index (χ2n) is 17.8. The molecule has 3 saturated heterocycles. The molecule has 3 aromatic rings. The number of ketones is 1. The van der Waals surface area contributed by atoms with E-state index in [-0.39, 0.29) is 47.6 Å². The minimum atomic E-state index is -0.977. The number of anilines is 1. The Morgan fingerprint density at radius 1 is 0.814 bits per heavy atom. The third kappa shape index (κ3) is 7.59. The lowest BCUT2D eigenvalue weighted by Gasteiger charge is -2.63. The maximum absolute atomic E-state index is 13.6. The summed E-state index contributed by atoms with van der Waals surface area (Å²) in [4.78, 5) is 69.9. The molecule has 0 spiro atoms. The summed E-state index contributed by atoms with van der Waals surface area (Å²) in [6.45, 7) is 12.1. The number of ether oxygens (including phenoxy) is 2. The van der Waals surface area contributed by atoms with Gasteiger partial charge in [0.2, 0.25) is 11.8 Å². The first-order valence-electron chi connectivity index (χ1n) is 20.7. The molecule has 1 unspecified atom stereocenters. The highest BCUT2D eigenvalue weighted by Crippen LogP contribution is 2.62. The maximum Gasteiger partial charge on any atom is 0.262 e. The van der Waals surface area contributed by atoms with Crippen LogP contribution in [0.15, 0.2) is 60.7 Å². The molecule has 3 aromatic carbocycles. The quantitative estimate of drug-likeness (QED) is 0.171. The lowest BCUT2D eigenvalue weighted by molar-refractivity contribution is -0.196. The molecule has 1 N–H and O–H groups in total. The molecule has 4 aliphatic heterocycles. The van der Waals surface area contributed by atoms with Crippen molar-refractivity contribution in [2.75, 3.05) is 31.1 Å². The molecular formula is C46H50ClN5O7. The number of nitriles is 1. The van der Waals surface area contributed by atoms with Crippen LogP contribution in [0.4, 0.5) is 5.69 Å². The number of hydrogen-bond acceptors (Lipinski definition) is 10. The number of fused-ring (bicyclic) bond motifs is 1. The van der Waals surface area contributed by atoms with Gasteiger partial charge in [0, 0.05) is 73.2 Å². The van der Waals surface area contributed by atoms with E-state index >= 15 is 0 Å². The number of imide groups is 2. The summed E-state index contributed by atoms with van der Waals surface area (Å²) in [6.07, 6.45) is 4.37. The van der Waals surface area contributed by atoms with Gasteiger partial charge in [-0.15, -0.1) is 0 Å². The van der Waals surface area contributed by atoms with Crippen LogP contribution < -0.4 is 19.7 Å². The minimum Gasteiger partial charge on any atom is -0.490 e. The van der Waals surface area contributed by atoms with Crippen molar-refractivity contribution >= 4 is 46.7 Å². The summed E-state index contributed by atoms with van der Waals surface area (Å²) in [7, 11) is 0. The Morgan fingerprint density at radius 3 is 2.12 bits per heavy atom. The van der Waals surface area contributed by atoms with Gasteiger partial charge in [0.25, 0.3) is 11.8 Å². The first kappa shape index (κ1) is 40.5. The lowest BCUT2D eigenvalue weighted by atomic mass is 9.44. The molecule has 0 aromatic heterocycles. The number of benzene rings is 3. The Bertz CT molecular complexity index is 2220. The fourth-order valence-electron chi connectivity index (χ4n) is 10.5.